The minimum atomic E-state index is -0.837. The summed E-state index contributed by atoms with van der Waals surface area (Å²) in [5, 5.41) is 23.5. The number of esters is 1. The van der Waals surface area contributed by atoms with Gasteiger partial charge < -0.3 is 20.3 Å². The molecular weight excluding hydrogens is 719 g/mol. The van der Waals surface area contributed by atoms with Crippen LogP contribution in [0.1, 0.15) is 156 Å². The maximum atomic E-state index is 13.1. The molecule has 324 valence electrons. The number of hydrogen-bond acceptors (Lipinski definition) is 5. The molecule has 0 aliphatic rings. The summed E-state index contributed by atoms with van der Waals surface area (Å²) in [6.45, 7) is 6.11. The lowest BCUT2D eigenvalue weighted by molar-refractivity contribution is -0.150. The van der Waals surface area contributed by atoms with E-state index in [4.69, 9.17) is 4.74 Å². The van der Waals surface area contributed by atoms with Gasteiger partial charge >= 0.3 is 5.97 Å². The number of nitrogens with one attached hydrogen (secondary N) is 1. The second kappa shape index (κ2) is 44.1. The Morgan fingerprint density at radius 1 is 0.552 bits per heavy atom. The lowest BCUT2D eigenvalue weighted by atomic mass is 10.0. The summed E-state index contributed by atoms with van der Waals surface area (Å²) in [4.78, 5) is 25.9. The lowest BCUT2D eigenvalue weighted by Crippen LogP contribution is -2.46. The summed E-state index contributed by atoms with van der Waals surface area (Å²) in [6.07, 6.45) is 62.6. The normalized spacial score (nSPS) is 14.6. The number of carbonyl (C=O) groups is 2. The zero-order valence-corrected chi connectivity index (χ0v) is 36.6. The van der Waals surface area contributed by atoms with Crippen molar-refractivity contribution in [1.29, 1.82) is 0 Å². The molecule has 0 rings (SSSR count). The zero-order valence-electron chi connectivity index (χ0n) is 36.6. The van der Waals surface area contributed by atoms with Gasteiger partial charge in [0.05, 0.1) is 25.2 Å². The first kappa shape index (κ1) is 54.0. The quantitative estimate of drug-likeness (QED) is 0.0252. The van der Waals surface area contributed by atoms with Crippen molar-refractivity contribution in [2.75, 3.05) is 6.61 Å². The van der Waals surface area contributed by atoms with Crippen LogP contribution in [0.25, 0.3) is 0 Å². The molecule has 0 aromatic heterocycles. The summed E-state index contributed by atoms with van der Waals surface area (Å²) < 4.78 is 5.76. The number of hydrogen-bond donors (Lipinski definition) is 3. The zero-order chi connectivity index (χ0) is 42.4. The number of amides is 1. The van der Waals surface area contributed by atoms with Gasteiger partial charge in [0.1, 0.15) is 6.10 Å². The minimum absolute atomic E-state index is 0.0586. The van der Waals surface area contributed by atoms with Crippen molar-refractivity contribution in [2.24, 2.45) is 0 Å². The third-order valence-corrected chi connectivity index (χ3v) is 9.12. The molecule has 58 heavy (non-hydrogen) atoms. The molecule has 3 unspecified atom stereocenters. The van der Waals surface area contributed by atoms with Crippen molar-refractivity contribution in [2.45, 2.75) is 174 Å². The molecule has 6 nitrogen and oxygen atoms in total. The third-order valence-electron chi connectivity index (χ3n) is 9.12. The molecule has 0 radical (unpaired) electrons. The van der Waals surface area contributed by atoms with Crippen LogP contribution in [0.4, 0.5) is 0 Å². The predicted octanol–water partition coefficient (Wildman–Crippen LogP) is 13.1. The largest absolute Gasteiger partial charge is 0.461 e. The minimum Gasteiger partial charge on any atom is -0.461 e. The first-order valence-electron chi connectivity index (χ1n) is 22.5. The molecule has 0 fully saturated rings. The van der Waals surface area contributed by atoms with Gasteiger partial charge in [0.15, 0.2) is 0 Å². The van der Waals surface area contributed by atoms with Gasteiger partial charge in [-0.15, -0.1) is 0 Å². The summed E-state index contributed by atoms with van der Waals surface area (Å²) >= 11 is 0. The first-order chi connectivity index (χ1) is 28.5. The fraction of sp³-hybridized carbons (Fsp3) is 0.538. The molecule has 0 bridgehead atoms. The van der Waals surface area contributed by atoms with E-state index in [-0.39, 0.29) is 31.3 Å². The summed E-state index contributed by atoms with van der Waals surface area (Å²) in [7, 11) is 0. The number of unbranched alkanes of at least 4 members (excludes halogenated alkanes) is 8. The van der Waals surface area contributed by atoms with E-state index in [1.165, 1.54) is 38.5 Å². The average Bonchev–Trinajstić information content (AvgIpc) is 3.22. The SMILES string of the molecule is CC/C=C\C/C=C\C/C=C\C/C=C\C/C=C\C/C=C\CCC(=O)OC(C/C=C/C=C\C=C/C=C/C=C/CC)CC(=O)NC(CO)C(O)CCCCCCCCCCC. The Morgan fingerprint density at radius 3 is 1.50 bits per heavy atom. The Bertz CT molecular complexity index is 1310. The monoisotopic (exact) mass is 800 g/mol. The Labute approximate surface area is 354 Å². The molecule has 0 heterocycles. The topological polar surface area (TPSA) is 95.9 Å². The Hall–Kier alpha value is -4.00. The molecule has 0 saturated carbocycles. The maximum Gasteiger partial charge on any atom is 0.306 e. The van der Waals surface area contributed by atoms with Crippen LogP contribution in [-0.2, 0) is 14.3 Å². The number of rotatable bonds is 37. The Morgan fingerprint density at radius 2 is 1.00 bits per heavy atom. The number of aliphatic hydroxyl groups excluding tert-OH is 2. The highest BCUT2D eigenvalue weighted by Crippen LogP contribution is 2.14. The van der Waals surface area contributed by atoms with E-state index in [0.29, 0.717) is 19.3 Å². The molecular formula is C52H81NO5. The fourth-order valence-electron chi connectivity index (χ4n) is 5.77. The van der Waals surface area contributed by atoms with Gasteiger partial charge in [-0.05, 0) is 57.8 Å². The fourth-order valence-corrected chi connectivity index (χ4v) is 5.77. The Balaban J connectivity index is 4.85. The number of aliphatic hydroxyl groups is 2. The van der Waals surface area contributed by atoms with Gasteiger partial charge in [0, 0.05) is 12.8 Å². The molecule has 0 saturated heterocycles. The molecule has 3 N–H and O–H groups in total. The summed E-state index contributed by atoms with van der Waals surface area (Å²) in [5.41, 5.74) is 0. The van der Waals surface area contributed by atoms with Crippen LogP contribution < -0.4 is 5.32 Å². The number of carbonyl (C=O) groups excluding carboxylic acids is 2. The molecule has 6 heteroatoms. The van der Waals surface area contributed by atoms with Crippen LogP contribution in [0.15, 0.2) is 134 Å². The van der Waals surface area contributed by atoms with E-state index in [1.54, 1.807) is 0 Å². The standard InChI is InChI=1S/C52H81NO5/c1-4-7-10-13-16-19-21-22-23-24-25-26-27-28-30-33-36-39-42-45-52(57)58-48(43-40-37-34-32-29-20-17-14-11-8-5-2)46-51(56)53-49(47-54)50(55)44-41-38-35-31-18-15-12-9-6-3/h7-8,10-11,14,16-17,19-20,22-23,25-26,28-30,32,34,36-37,39-40,48-50,54-55H,4-6,9,12-13,15,18,21,24,27,31,33,35,38,41-47H2,1-3H3,(H,53,56)/b10-7-,11-8+,17-14+,19-16-,23-22-,26-25-,29-20-,30-28-,34-32-,39-36-,40-37+. The van der Waals surface area contributed by atoms with Crippen LogP contribution in [0, 0.1) is 0 Å². The lowest BCUT2D eigenvalue weighted by Gasteiger charge is -2.24. The maximum absolute atomic E-state index is 13.1. The van der Waals surface area contributed by atoms with Crippen LogP contribution in [0.2, 0.25) is 0 Å². The smallest absolute Gasteiger partial charge is 0.306 e. The van der Waals surface area contributed by atoms with E-state index in [9.17, 15) is 19.8 Å². The van der Waals surface area contributed by atoms with Gasteiger partial charge in [-0.3, -0.25) is 9.59 Å². The molecule has 0 aromatic rings. The number of allylic oxidation sites excluding steroid dienone is 21. The van der Waals surface area contributed by atoms with Gasteiger partial charge in [-0.1, -0.05) is 212 Å². The molecule has 0 aromatic carbocycles. The van der Waals surface area contributed by atoms with Crippen molar-refractivity contribution in [1.82, 2.24) is 5.32 Å². The van der Waals surface area contributed by atoms with Crippen molar-refractivity contribution < 1.29 is 24.5 Å². The van der Waals surface area contributed by atoms with E-state index < -0.39 is 18.2 Å². The van der Waals surface area contributed by atoms with Gasteiger partial charge in [-0.25, -0.2) is 0 Å². The van der Waals surface area contributed by atoms with Crippen molar-refractivity contribution in [3.8, 4) is 0 Å². The summed E-state index contributed by atoms with van der Waals surface area (Å²) in [5.74, 6) is -0.729. The summed E-state index contributed by atoms with van der Waals surface area (Å²) in [6, 6.07) is -0.761. The highest BCUT2D eigenvalue weighted by molar-refractivity contribution is 5.77. The molecule has 0 aliphatic carbocycles. The number of ether oxygens (including phenoxy) is 1. The van der Waals surface area contributed by atoms with E-state index in [2.05, 4.69) is 92.9 Å². The predicted molar refractivity (Wildman–Crippen MR) is 249 cm³/mol. The van der Waals surface area contributed by atoms with Gasteiger partial charge in [-0.2, -0.15) is 0 Å². The van der Waals surface area contributed by atoms with Crippen LogP contribution in [0.5, 0.6) is 0 Å². The van der Waals surface area contributed by atoms with E-state index >= 15 is 0 Å². The van der Waals surface area contributed by atoms with Gasteiger partial charge in [0.2, 0.25) is 5.91 Å². The first-order valence-corrected chi connectivity index (χ1v) is 22.5. The van der Waals surface area contributed by atoms with Crippen LogP contribution >= 0.6 is 0 Å². The van der Waals surface area contributed by atoms with Crippen molar-refractivity contribution in [3.05, 3.63) is 134 Å². The van der Waals surface area contributed by atoms with Crippen LogP contribution in [0.3, 0.4) is 0 Å². The third kappa shape index (κ3) is 38.9. The van der Waals surface area contributed by atoms with Crippen LogP contribution in [-0.4, -0.2) is 46.9 Å². The van der Waals surface area contributed by atoms with E-state index in [1.807, 2.05) is 66.8 Å². The van der Waals surface area contributed by atoms with Crippen molar-refractivity contribution in [3.63, 3.8) is 0 Å². The highest BCUT2D eigenvalue weighted by Gasteiger charge is 2.23. The Kier molecular flexibility index (Phi) is 41.1. The molecule has 0 aliphatic heterocycles. The van der Waals surface area contributed by atoms with Crippen molar-refractivity contribution >= 4 is 11.9 Å². The van der Waals surface area contributed by atoms with Gasteiger partial charge in [0.25, 0.3) is 0 Å². The highest BCUT2D eigenvalue weighted by atomic mass is 16.5. The molecule has 1 amide bonds. The van der Waals surface area contributed by atoms with E-state index in [0.717, 1.165) is 64.2 Å². The molecule has 0 spiro atoms. The second-order valence-electron chi connectivity index (χ2n) is 14.5. The molecule has 3 atom stereocenters. The second-order valence-corrected chi connectivity index (χ2v) is 14.5. The average molecular weight is 800 g/mol.